The van der Waals surface area contributed by atoms with Crippen LogP contribution in [0.15, 0.2) is 24.3 Å². The van der Waals surface area contributed by atoms with Gasteiger partial charge in [0.25, 0.3) is 0 Å². The standard InChI is InChI=1S/C18H26FN/c1-18(19,13-17-10-2-3-11-20-17)16-9-5-8-15(12-16)14-6-4-7-14/h5,8-9,12,14,17,20H,2-4,6-7,10-11,13H2,1H3. The first-order chi connectivity index (χ1) is 9.65. The van der Waals surface area contributed by atoms with Crippen LogP contribution in [-0.2, 0) is 5.67 Å². The molecule has 0 radical (unpaired) electrons. The summed E-state index contributed by atoms with van der Waals surface area (Å²) in [4.78, 5) is 0. The Labute approximate surface area is 122 Å². The van der Waals surface area contributed by atoms with Gasteiger partial charge in [-0.3, -0.25) is 0 Å². The van der Waals surface area contributed by atoms with Crippen molar-refractivity contribution in [3.8, 4) is 0 Å². The maximum atomic E-state index is 15.1. The Morgan fingerprint density at radius 2 is 2.05 bits per heavy atom. The smallest absolute Gasteiger partial charge is 0.134 e. The van der Waals surface area contributed by atoms with E-state index in [0.29, 0.717) is 18.4 Å². The van der Waals surface area contributed by atoms with Gasteiger partial charge in [0.05, 0.1) is 0 Å². The Kier molecular flexibility index (Phi) is 4.11. The van der Waals surface area contributed by atoms with Gasteiger partial charge >= 0.3 is 0 Å². The van der Waals surface area contributed by atoms with Crippen LogP contribution in [0.1, 0.15) is 68.9 Å². The molecule has 2 heteroatoms. The minimum Gasteiger partial charge on any atom is -0.314 e. The largest absolute Gasteiger partial charge is 0.314 e. The van der Waals surface area contributed by atoms with E-state index in [2.05, 4.69) is 17.4 Å². The lowest BCUT2D eigenvalue weighted by atomic mass is 9.78. The van der Waals surface area contributed by atoms with Gasteiger partial charge in [0, 0.05) is 12.5 Å². The van der Waals surface area contributed by atoms with Crippen LogP contribution in [-0.4, -0.2) is 12.6 Å². The fourth-order valence-corrected chi connectivity index (χ4v) is 3.54. The molecule has 1 aliphatic carbocycles. The summed E-state index contributed by atoms with van der Waals surface area (Å²) in [6.07, 6.45) is 8.05. The van der Waals surface area contributed by atoms with E-state index in [9.17, 15) is 0 Å². The van der Waals surface area contributed by atoms with Gasteiger partial charge in [-0.15, -0.1) is 0 Å². The molecule has 3 rings (SSSR count). The average Bonchev–Trinajstić information content (AvgIpc) is 2.38. The fourth-order valence-electron chi connectivity index (χ4n) is 3.54. The van der Waals surface area contributed by atoms with Crippen molar-refractivity contribution in [2.24, 2.45) is 0 Å². The lowest BCUT2D eigenvalue weighted by molar-refractivity contribution is 0.146. The van der Waals surface area contributed by atoms with E-state index in [0.717, 1.165) is 18.5 Å². The number of rotatable bonds is 4. The van der Waals surface area contributed by atoms with Crippen molar-refractivity contribution < 1.29 is 4.39 Å². The van der Waals surface area contributed by atoms with Gasteiger partial charge in [-0.25, -0.2) is 4.39 Å². The molecule has 0 aromatic heterocycles. The lowest BCUT2D eigenvalue weighted by Gasteiger charge is -2.31. The molecule has 1 aromatic rings. The highest BCUT2D eigenvalue weighted by molar-refractivity contribution is 5.31. The number of halogens is 1. The third-order valence-corrected chi connectivity index (χ3v) is 5.11. The predicted octanol–water partition coefficient (Wildman–Crippen LogP) is 4.67. The van der Waals surface area contributed by atoms with Gasteiger partial charge < -0.3 is 5.32 Å². The molecule has 1 saturated heterocycles. The Morgan fingerprint density at radius 1 is 1.20 bits per heavy atom. The lowest BCUT2D eigenvalue weighted by Crippen LogP contribution is -2.38. The van der Waals surface area contributed by atoms with Crippen LogP contribution in [0.5, 0.6) is 0 Å². The first-order valence-corrected chi connectivity index (χ1v) is 8.18. The molecule has 1 nitrogen and oxygen atoms in total. The number of benzene rings is 1. The topological polar surface area (TPSA) is 12.0 Å². The number of nitrogens with one attached hydrogen (secondary N) is 1. The zero-order valence-corrected chi connectivity index (χ0v) is 12.5. The van der Waals surface area contributed by atoms with Gasteiger partial charge in [-0.1, -0.05) is 37.1 Å². The van der Waals surface area contributed by atoms with E-state index in [1.807, 2.05) is 12.1 Å². The molecule has 1 aromatic carbocycles. The molecular formula is C18H26FN. The average molecular weight is 275 g/mol. The van der Waals surface area contributed by atoms with Gasteiger partial charge in [-0.2, -0.15) is 0 Å². The summed E-state index contributed by atoms with van der Waals surface area (Å²) in [5.74, 6) is 0.679. The van der Waals surface area contributed by atoms with E-state index in [-0.39, 0.29) is 0 Å². The van der Waals surface area contributed by atoms with Crippen LogP contribution in [0, 0.1) is 0 Å². The Bertz CT molecular complexity index is 444. The van der Waals surface area contributed by atoms with E-state index in [1.54, 1.807) is 6.92 Å². The van der Waals surface area contributed by atoms with Crippen LogP contribution in [0.4, 0.5) is 4.39 Å². The van der Waals surface area contributed by atoms with Crippen molar-refractivity contribution >= 4 is 0 Å². The number of hydrogen-bond acceptors (Lipinski definition) is 1. The van der Waals surface area contributed by atoms with Crippen molar-refractivity contribution in [2.45, 2.75) is 69.5 Å². The Morgan fingerprint density at radius 3 is 2.70 bits per heavy atom. The molecule has 2 aliphatic rings. The molecule has 1 N–H and O–H groups in total. The van der Waals surface area contributed by atoms with Crippen molar-refractivity contribution in [1.82, 2.24) is 5.32 Å². The van der Waals surface area contributed by atoms with Gasteiger partial charge in [0.15, 0.2) is 0 Å². The highest BCUT2D eigenvalue weighted by atomic mass is 19.1. The molecule has 1 heterocycles. The van der Waals surface area contributed by atoms with Crippen molar-refractivity contribution in [1.29, 1.82) is 0 Å². The van der Waals surface area contributed by atoms with Gasteiger partial charge in [0.1, 0.15) is 5.67 Å². The normalized spacial score (nSPS) is 26.8. The molecule has 1 aliphatic heterocycles. The molecule has 1 saturated carbocycles. The molecule has 0 bridgehead atoms. The molecular weight excluding hydrogens is 249 g/mol. The van der Waals surface area contributed by atoms with Crippen LogP contribution < -0.4 is 5.32 Å². The summed E-state index contributed by atoms with van der Waals surface area (Å²) < 4.78 is 15.1. The highest BCUT2D eigenvalue weighted by Crippen LogP contribution is 2.39. The SMILES string of the molecule is CC(F)(CC1CCCCN1)c1cccc(C2CCC2)c1. The second-order valence-corrected chi connectivity index (χ2v) is 6.80. The number of alkyl halides is 1. The van der Waals surface area contributed by atoms with Crippen molar-refractivity contribution in [3.63, 3.8) is 0 Å². The maximum absolute atomic E-state index is 15.1. The van der Waals surface area contributed by atoms with Gasteiger partial charge in [-0.05, 0) is 56.2 Å². The summed E-state index contributed by atoms with van der Waals surface area (Å²) in [6, 6.07) is 8.63. The third-order valence-electron chi connectivity index (χ3n) is 5.11. The van der Waals surface area contributed by atoms with Crippen molar-refractivity contribution in [2.75, 3.05) is 6.54 Å². The molecule has 2 fully saturated rings. The monoisotopic (exact) mass is 275 g/mol. The fraction of sp³-hybridized carbons (Fsp3) is 0.667. The second kappa shape index (κ2) is 5.85. The number of piperidine rings is 1. The van der Waals surface area contributed by atoms with E-state index < -0.39 is 5.67 Å². The van der Waals surface area contributed by atoms with E-state index >= 15 is 4.39 Å². The van der Waals surface area contributed by atoms with Crippen molar-refractivity contribution in [3.05, 3.63) is 35.4 Å². The van der Waals surface area contributed by atoms with Crippen LogP contribution in [0.25, 0.3) is 0 Å². The molecule has 110 valence electrons. The predicted molar refractivity (Wildman–Crippen MR) is 81.8 cm³/mol. The summed E-state index contributed by atoms with van der Waals surface area (Å²) >= 11 is 0. The molecule has 0 spiro atoms. The van der Waals surface area contributed by atoms with Gasteiger partial charge in [0.2, 0.25) is 0 Å². The van der Waals surface area contributed by atoms with Crippen LogP contribution in [0.2, 0.25) is 0 Å². The van der Waals surface area contributed by atoms with Crippen LogP contribution >= 0.6 is 0 Å². The number of hydrogen-bond donors (Lipinski definition) is 1. The Balaban J connectivity index is 1.71. The highest BCUT2D eigenvalue weighted by Gasteiger charge is 2.31. The zero-order chi connectivity index (χ0) is 14.0. The summed E-state index contributed by atoms with van der Waals surface area (Å²) in [5, 5.41) is 3.46. The molecule has 2 atom stereocenters. The third kappa shape index (κ3) is 3.06. The van der Waals surface area contributed by atoms with Crippen LogP contribution in [0.3, 0.4) is 0 Å². The molecule has 0 amide bonds. The second-order valence-electron chi connectivity index (χ2n) is 6.80. The summed E-state index contributed by atoms with van der Waals surface area (Å²) in [5.41, 5.74) is 0.998. The molecule has 20 heavy (non-hydrogen) atoms. The first-order valence-electron chi connectivity index (χ1n) is 8.18. The summed E-state index contributed by atoms with van der Waals surface area (Å²) in [7, 11) is 0. The maximum Gasteiger partial charge on any atom is 0.134 e. The molecule has 2 unspecified atom stereocenters. The minimum absolute atomic E-state index is 0.339. The van der Waals surface area contributed by atoms with E-state index in [4.69, 9.17) is 0 Å². The summed E-state index contributed by atoms with van der Waals surface area (Å²) in [6.45, 7) is 2.80. The first kappa shape index (κ1) is 14.1. The van der Waals surface area contributed by atoms with E-state index in [1.165, 1.54) is 37.7 Å². The zero-order valence-electron chi connectivity index (χ0n) is 12.5. The Hall–Kier alpha value is -0.890. The minimum atomic E-state index is -1.21. The quantitative estimate of drug-likeness (QED) is 0.842.